The minimum atomic E-state index is -0.784. The summed E-state index contributed by atoms with van der Waals surface area (Å²) in [4.78, 5) is 15.4. The average Bonchev–Trinajstić information content (AvgIpc) is 2.81. The Hall–Kier alpha value is -2.09. The number of carbonyl (C=O) groups excluding carboxylic acids is 1. The van der Waals surface area contributed by atoms with Crippen LogP contribution >= 0.6 is 0 Å². The lowest BCUT2D eigenvalue weighted by molar-refractivity contribution is -0.205. The number of piperidine rings is 1. The molecule has 1 spiro atoms. The summed E-state index contributed by atoms with van der Waals surface area (Å²) in [6.45, 7) is 4.09. The van der Waals surface area contributed by atoms with Crippen LogP contribution in [0.4, 0.5) is 0 Å². The van der Waals surface area contributed by atoms with Gasteiger partial charge in [-0.25, -0.2) is 0 Å². The van der Waals surface area contributed by atoms with Gasteiger partial charge in [0.05, 0.1) is 19.3 Å². The number of hydrogen-bond acceptors (Lipinski definition) is 7. The van der Waals surface area contributed by atoms with Crippen molar-refractivity contribution >= 4 is 5.97 Å². The summed E-state index contributed by atoms with van der Waals surface area (Å²) in [6.07, 6.45) is 4.40. The van der Waals surface area contributed by atoms with Gasteiger partial charge in [0.1, 0.15) is 6.10 Å². The van der Waals surface area contributed by atoms with Gasteiger partial charge in [0, 0.05) is 30.3 Å². The van der Waals surface area contributed by atoms with Crippen molar-refractivity contribution in [3.63, 3.8) is 0 Å². The SMILES string of the molecule is COc1cc(CCC(=O)O[C@@H]2[C@@H](O)[C@H]3CCCN4CCC=C5[C@H]2[C@H](O)[C@@H](C)C[C@@]534)ccc1O. The zero-order valence-electron chi connectivity index (χ0n) is 19.4. The van der Waals surface area contributed by atoms with Gasteiger partial charge in [0.25, 0.3) is 0 Å². The van der Waals surface area contributed by atoms with Gasteiger partial charge in [-0.3, -0.25) is 9.69 Å². The predicted molar refractivity (Wildman–Crippen MR) is 122 cm³/mol. The van der Waals surface area contributed by atoms with Crippen LogP contribution in [0, 0.1) is 17.8 Å². The van der Waals surface area contributed by atoms with Crippen molar-refractivity contribution in [2.75, 3.05) is 20.2 Å². The van der Waals surface area contributed by atoms with Crippen molar-refractivity contribution in [2.24, 2.45) is 17.8 Å². The Labute approximate surface area is 195 Å². The van der Waals surface area contributed by atoms with Gasteiger partial charge in [0.2, 0.25) is 0 Å². The molecule has 2 saturated carbocycles. The Kier molecular flexibility index (Phi) is 5.91. The number of carbonyl (C=O) groups is 1. The summed E-state index contributed by atoms with van der Waals surface area (Å²) in [5.74, 6) is -0.230. The number of benzene rings is 1. The van der Waals surface area contributed by atoms with Crippen LogP contribution in [0.25, 0.3) is 0 Å². The molecule has 1 saturated heterocycles. The number of aliphatic hydroxyl groups is 2. The van der Waals surface area contributed by atoms with Gasteiger partial charge in [-0.15, -0.1) is 0 Å². The molecule has 1 aromatic rings. The van der Waals surface area contributed by atoms with E-state index in [1.165, 1.54) is 12.7 Å². The number of aliphatic hydroxyl groups excluding tert-OH is 2. The van der Waals surface area contributed by atoms with Crippen molar-refractivity contribution in [3.05, 3.63) is 35.4 Å². The molecule has 2 heterocycles. The molecule has 0 amide bonds. The Morgan fingerprint density at radius 3 is 2.85 bits per heavy atom. The summed E-state index contributed by atoms with van der Waals surface area (Å²) in [5.41, 5.74) is 1.84. The third kappa shape index (κ3) is 3.56. The normalized spacial score (nSPS) is 37.6. The van der Waals surface area contributed by atoms with Crippen LogP contribution in [0.5, 0.6) is 11.5 Å². The van der Waals surface area contributed by atoms with E-state index < -0.39 is 18.3 Å². The molecular weight excluding hydrogens is 422 g/mol. The lowest BCUT2D eigenvalue weighted by Gasteiger charge is -2.66. The highest BCUT2D eigenvalue weighted by Gasteiger charge is 2.65. The molecule has 1 aromatic carbocycles. The largest absolute Gasteiger partial charge is 0.504 e. The van der Waals surface area contributed by atoms with Crippen LogP contribution in [-0.4, -0.2) is 70.2 Å². The number of methoxy groups -OCH3 is 1. The fourth-order valence-corrected chi connectivity index (χ4v) is 7.15. The number of hydrogen-bond donors (Lipinski definition) is 3. The fraction of sp³-hybridized carbons (Fsp3) is 0.654. The standard InChI is InChI=1S/C26H35NO6/c1-15-14-26-17-5-3-11-27(26)12-4-6-18(26)24(31)25(22(17)23(15)30)33-21(29)10-8-16-7-9-19(28)20(13-16)32-2/h5,7,9,13,15,18,22-25,28,30-31H,3-4,6,8,10-12,14H2,1-2H3/t15-,18+,22-,23+,24-,25-,26+/m0/s1. The number of nitrogens with zero attached hydrogens (tertiary/aromatic N) is 1. The highest BCUT2D eigenvalue weighted by atomic mass is 16.6. The number of esters is 1. The molecule has 7 heteroatoms. The summed E-state index contributed by atoms with van der Waals surface area (Å²) in [7, 11) is 1.49. The number of phenols is 1. The first-order valence-corrected chi connectivity index (χ1v) is 12.2. The molecule has 2 bridgehead atoms. The van der Waals surface area contributed by atoms with Gasteiger partial charge in [-0.1, -0.05) is 19.1 Å². The summed E-state index contributed by atoms with van der Waals surface area (Å²) in [6, 6.07) is 5.02. The van der Waals surface area contributed by atoms with E-state index >= 15 is 0 Å². The van der Waals surface area contributed by atoms with Crippen molar-refractivity contribution < 1.29 is 29.6 Å². The Bertz CT molecular complexity index is 947. The lowest BCUT2D eigenvalue weighted by Crippen LogP contribution is -2.74. The number of phenolic OH excluding ortho intramolecular Hbond substituents is 1. The van der Waals surface area contributed by atoms with E-state index in [1.807, 2.05) is 0 Å². The molecular formula is C26H35NO6. The molecule has 0 unspecified atom stereocenters. The van der Waals surface area contributed by atoms with Gasteiger partial charge in [0.15, 0.2) is 11.5 Å². The first-order valence-electron chi connectivity index (χ1n) is 12.2. The maximum atomic E-state index is 12.9. The van der Waals surface area contributed by atoms with E-state index in [0.29, 0.717) is 12.2 Å². The summed E-state index contributed by atoms with van der Waals surface area (Å²) >= 11 is 0. The molecule has 3 fully saturated rings. The molecule has 180 valence electrons. The van der Waals surface area contributed by atoms with Crippen molar-refractivity contribution in [1.82, 2.24) is 4.90 Å². The van der Waals surface area contributed by atoms with Gasteiger partial charge in [-0.2, -0.15) is 0 Å². The Balaban J connectivity index is 1.37. The number of ether oxygens (including phenoxy) is 2. The molecule has 33 heavy (non-hydrogen) atoms. The van der Waals surface area contributed by atoms with Gasteiger partial charge >= 0.3 is 5.97 Å². The average molecular weight is 458 g/mol. The van der Waals surface area contributed by atoms with Crippen LogP contribution < -0.4 is 4.74 Å². The van der Waals surface area contributed by atoms with Crippen molar-refractivity contribution in [3.8, 4) is 11.5 Å². The van der Waals surface area contributed by atoms with Crippen LogP contribution in [0.1, 0.15) is 44.6 Å². The van der Waals surface area contributed by atoms with E-state index in [4.69, 9.17) is 9.47 Å². The smallest absolute Gasteiger partial charge is 0.306 e. The van der Waals surface area contributed by atoms with E-state index in [0.717, 1.165) is 44.3 Å². The minimum absolute atomic E-state index is 0.0168. The van der Waals surface area contributed by atoms with Crippen LogP contribution in [0.3, 0.4) is 0 Å². The Morgan fingerprint density at radius 1 is 1.24 bits per heavy atom. The second-order valence-corrected chi connectivity index (χ2v) is 10.3. The summed E-state index contributed by atoms with van der Waals surface area (Å²) < 4.78 is 11.1. The quantitative estimate of drug-likeness (QED) is 0.461. The summed E-state index contributed by atoms with van der Waals surface area (Å²) in [5, 5.41) is 32.4. The number of rotatable bonds is 5. The fourth-order valence-electron chi connectivity index (χ4n) is 7.15. The molecule has 0 radical (unpaired) electrons. The predicted octanol–water partition coefficient (Wildman–Crippen LogP) is 2.42. The molecule has 2 aliphatic heterocycles. The number of aryl methyl sites for hydroxylation is 1. The highest BCUT2D eigenvalue weighted by molar-refractivity contribution is 5.70. The molecule has 2 aliphatic carbocycles. The zero-order chi connectivity index (χ0) is 23.3. The first-order chi connectivity index (χ1) is 15.9. The molecule has 7 atom stereocenters. The maximum absolute atomic E-state index is 12.9. The molecule has 5 rings (SSSR count). The van der Waals surface area contributed by atoms with E-state index in [-0.39, 0.29) is 41.4 Å². The first kappa shape index (κ1) is 22.7. The molecule has 3 N–H and O–H groups in total. The maximum Gasteiger partial charge on any atom is 0.306 e. The minimum Gasteiger partial charge on any atom is -0.504 e. The van der Waals surface area contributed by atoms with E-state index in [1.54, 1.807) is 18.2 Å². The highest BCUT2D eigenvalue weighted by Crippen LogP contribution is 2.59. The van der Waals surface area contributed by atoms with E-state index in [2.05, 4.69) is 17.9 Å². The second kappa shape index (κ2) is 8.60. The molecule has 7 nitrogen and oxygen atoms in total. The molecule has 0 aromatic heterocycles. The second-order valence-electron chi connectivity index (χ2n) is 10.3. The van der Waals surface area contributed by atoms with Crippen LogP contribution in [0.2, 0.25) is 0 Å². The van der Waals surface area contributed by atoms with Crippen molar-refractivity contribution in [1.29, 1.82) is 0 Å². The van der Waals surface area contributed by atoms with Crippen molar-refractivity contribution in [2.45, 2.75) is 69.3 Å². The molecule has 4 aliphatic rings. The monoisotopic (exact) mass is 457 g/mol. The van der Waals surface area contributed by atoms with Crippen LogP contribution in [0.15, 0.2) is 29.8 Å². The van der Waals surface area contributed by atoms with E-state index in [9.17, 15) is 20.1 Å². The zero-order valence-corrected chi connectivity index (χ0v) is 19.4. The topological polar surface area (TPSA) is 99.5 Å². The van der Waals surface area contributed by atoms with Gasteiger partial charge < -0.3 is 24.8 Å². The number of aromatic hydroxyl groups is 1. The third-order valence-corrected chi connectivity index (χ3v) is 8.56. The van der Waals surface area contributed by atoms with Gasteiger partial charge in [-0.05, 0) is 67.8 Å². The lowest BCUT2D eigenvalue weighted by atomic mass is 9.50. The third-order valence-electron chi connectivity index (χ3n) is 8.56. The Morgan fingerprint density at radius 2 is 2.06 bits per heavy atom. The van der Waals surface area contributed by atoms with Crippen LogP contribution in [-0.2, 0) is 16.0 Å².